The number of nitrogens with zero attached hydrogens (tertiary/aromatic N) is 4. The maximum Gasteiger partial charge on any atom is 0.229 e. The molecule has 0 saturated carbocycles. The van der Waals surface area contributed by atoms with E-state index in [0.717, 1.165) is 35.8 Å². The predicted octanol–water partition coefficient (Wildman–Crippen LogP) is 2.15. The van der Waals surface area contributed by atoms with Gasteiger partial charge >= 0.3 is 0 Å². The molecular weight excluding hydrogens is 272 g/mol. The van der Waals surface area contributed by atoms with Crippen LogP contribution in [0.2, 0.25) is 0 Å². The standard InChI is InChI=1S/C14H16N4OS/c1-10-17-11(9-20-10)7-14(19)18-6-2-3-13(18)12-8-15-4-5-16-12/h4-5,8-9,13H,2-3,6-7H2,1H3. The Bertz CT molecular complexity index is 598. The number of hydrogen-bond acceptors (Lipinski definition) is 5. The molecule has 0 aliphatic carbocycles. The van der Waals surface area contributed by atoms with Crippen LogP contribution >= 0.6 is 11.3 Å². The highest BCUT2D eigenvalue weighted by atomic mass is 32.1. The summed E-state index contributed by atoms with van der Waals surface area (Å²) in [6.07, 6.45) is 7.44. The number of amides is 1. The molecule has 0 aromatic carbocycles. The predicted molar refractivity (Wildman–Crippen MR) is 76.3 cm³/mol. The van der Waals surface area contributed by atoms with Crippen molar-refractivity contribution < 1.29 is 4.79 Å². The van der Waals surface area contributed by atoms with E-state index < -0.39 is 0 Å². The number of carbonyl (C=O) groups excluding carboxylic acids is 1. The van der Waals surface area contributed by atoms with Gasteiger partial charge in [0.25, 0.3) is 0 Å². The van der Waals surface area contributed by atoms with Gasteiger partial charge in [0.15, 0.2) is 0 Å². The van der Waals surface area contributed by atoms with Crippen molar-refractivity contribution in [2.45, 2.75) is 32.2 Å². The monoisotopic (exact) mass is 288 g/mol. The SMILES string of the molecule is Cc1nc(CC(=O)N2CCCC2c2cnccn2)cs1. The Morgan fingerprint density at radius 3 is 3.10 bits per heavy atom. The first-order valence-electron chi connectivity index (χ1n) is 6.70. The third kappa shape index (κ3) is 2.70. The van der Waals surface area contributed by atoms with Crippen LogP contribution in [0.15, 0.2) is 24.0 Å². The number of hydrogen-bond donors (Lipinski definition) is 0. The molecule has 0 radical (unpaired) electrons. The van der Waals surface area contributed by atoms with Gasteiger partial charge in [0.05, 0.1) is 35.1 Å². The maximum absolute atomic E-state index is 12.5. The molecule has 3 heterocycles. The van der Waals surface area contributed by atoms with Crippen molar-refractivity contribution in [3.63, 3.8) is 0 Å². The van der Waals surface area contributed by atoms with Gasteiger partial charge in [-0.1, -0.05) is 0 Å². The number of aromatic nitrogens is 3. The molecule has 1 fully saturated rings. The normalized spacial score (nSPS) is 18.4. The fraction of sp³-hybridized carbons (Fsp3) is 0.429. The highest BCUT2D eigenvalue weighted by Gasteiger charge is 2.31. The summed E-state index contributed by atoms with van der Waals surface area (Å²) in [7, 11) is 0. The van der Waals surface area contributed by atoms with Crippen LogP contribution in [0.3, 0.4) is 0 Å². The van der Waals surface area contributed by atoms with Gasteiger partial charge in [0.2, 0.25) is 5.91 Å². The van der Waals surface area contributed by atoms with Gasteiger partial charge in [0.1, 0.15) is 0 Å². The molecule has 1 aliphatic rings. The van der Waals surface area contributed by atoms with E-state index in [2.05, 4.69) is 15.0 Å². The van der Waals surface area contributed by atoms with Crippen molar-refractivity contribution >= 4 is 17.2 Å². The second-order valence-corrected chi connectivity index (χ2v) is 5.97. The summed E-state index contributed by atoms with van der Waals surface area (Å²) in [6.45, 7) is 2.75. The Balaban J connectivity index is 1.73. The molecule has 0 bridgehead atoms. The molecule has 0 N–H and O–H groups in total. The fourth-order valence-corrected chi connectivity index (χ4v) is 3.21. The summed E-state index contributed by atoms with van der Waals surface area (Å²) in [4.78, 5) is 27.2. The topological polar surface area (TPSA) is 59.0 Å². The quantitative estimate of drug-likeness (QED) is 0.868. The Morgan fingerprint density at radius 2 is 2.40 bits per heavy atom. The minimum atomic E-state index is 0.0657. The van der Waals surface area contributed by atoms with Crippen LogP contribution in [0.1, 0.15) is 35.3 Å². The van der Waals surface area contributed by atoms with Gasteiger partial charge in [-0.2, -0.15) is 0 Å². The van der Waals surface area contributed by atoms with Crippen molar-refractivity contribution in [2.75, 3.05) is 6.54 Å². The lowest BCUT2D eigenvalue weighted by atomic mass is 10.1. The number of likely N-dealkylation sites (tertiary alicyclic amines) is 1. The molecule has 104 valence electrons. The Morgan fingerprint density at radius 1 is 1.50 bits per heavy atom. The fourth-order valence-electron chi connectivity index (χ4n) is 2.60. The van der Waals surface area contributed by atoms with E-state index in [1.54, 1.807) is 29.9 Å². The third-order valence-corrected chi connectivity index (χ3v) is 4.32. The zero-order chi connectivity index (χ0) is 13.9. The van der Waals surface area contributed by atoms with Gasteiger partial charge in [-0.15, -0.1) is 11.3 Å². The van der Waals surface area contributed by atoms with Crippen LogP contribution < -0.4 is 0 Å². The molecule has 1 aliphatic heterocycles. The van der Waals surface area contributed by atoms with Gasteiger partial charge in [-0.25, -0.2) is 4.98 Å². The smallest absolute Gasteiger partial charge is 0.229 e. The summed E-state index contributed by atoms with van der Waals surface area (Å²) >= 11 is 1.58. The maximum atomic E-state index is 12.5. The summed E-state index contributed by atoms with van der Waals surface area (Å²) in [5, 5.41) is 2.96. The molecule has 6 heteroatoms. The van der Waals surface area contributed by atoms with E-state index >= 15 is 0 Å². The Hall–Kier alpha value is -1.82. The first-order chi connectivity index (χ1) is 9.74. The van der Waals surface area contributed by atoms with E-state index in [9.17, 15) is 4.79 Å². The minimum absolute atomic E-state index is 0.0657. The number of rotatable bonds is 3. The first-order valence-corrected chi connectivity index (χ1v) is 7.58. The van der Waals surface area contributed by atoms with Gasteiger partial charge in [0, 0.05) is 24.3 Å². The summed E-state index contributed by atoms with van der Waals surface area (Å²) in [5.41, 5.74) is 1.75. The molecular formula is C14H16N4OS. The number of carbonyl (C=O) groups is 1. The minimum Gasteiger partial charge on any atom is -0.334 e. The molecule has 20 heavy (non-hydrogen) atoms. The van der Waals surface area contributed by atoms with Crippen molar-refractivity contribution in [3.8, 4) is 0 Å². The van der Waals surface area contributed by atoms with E-state index in [-0.39, 0.29) is 11.9 Å². The van der Waals surface area contributed by atoms with Crippen molar-refractivity contribution in [2.24, 2.45) is 0 Å². The highest BCUT2D eigenvalue weighted by molar-refractivity contribution is 7.09. The van der Waals surface area contributed by atoms with Crippen LogP contribution in [-0.4, -0.2) is 32.3 Å². The van der Waals surface area contributed by atoms with Gasteiger partial charge in [-0.3, -0.25) is 14.8 Å². The average Bonchev–Trinajstić information content (AvgIpc) is 3.09. The van der Waals surface area contributed by atoms with E-state index in [1.165, 1.54) is 0 Å². The molecule has 1 amide bonds. The lowest BCUT2D eigenvalue weighted by molar-refractivity contribution is -0.131. The second-order valence-electron chi connectivity index (χ2n) is 4.91. The zero-order valence-electron chi connectivity index (χ0n) is 11.3. The Kier molecular flexibility index (Phi) is 3.73. The zero-order valence-corrected chi connectivity index (χ0v) is 12.1. The largest absolute Gasteiger partial charge is 0.334 e. The number of thiazole rings is 1. The van der Waals surface area contributed by atoms with E-state index in [0.29, 0.717) is 6.42 Å². The van der Waals surface area contributed by atoms with Crippen LogP contribution in [-0.2, 0) is 11.2 Å². The molecule has 0 spiro atoms. The molecule has 5 nitrogen and oxygen atoms in total. The molecule has 1 saturated heterocycles. The molecule has 1 unspecified atom stereocenters. The van der Waals surface area contributed by atoms with Gasteiger partial charge in [-0.05, 0) is 19.8 Å². The van der Waals surface area contributed by atoms with Crippen molar-refractivity contribution in [1.29, 1.82) is 0 Å². The van der Waals surface area contributed by atoms with Crippen molar-refractivity contribution in [3.05, 3.63) is 40.4 Å². The molecule has 2 aromatic heterocycles. The average molecular weight is 288 g/mol. The first kappa shape index (κ1) is 13.2. The van der Waals surface area contributed by atoms with Crippen LogP contribution in [0.25, 0.3) is 0 Å². The summed E-state index contributed by atoms with van der Waals surface area (Å²) in [6, 6.07) is 0.0657. The van der Waals surface area contributed by atoms with Crippen LogP contribution in [0.4, 0.5) is 0 Å². The van der Waals surface area contributed by atoms with E-state index in [4.69, 9.17) is 0 Å². The summed E-state index contributed by atoms with van der Waals surface area (Å²) in [5.74, 6) is 0.128. The molecule has 1 atom stereocenters. The second kappa shape index (κ2) is 5.66. The molecule has 2 aromatic rings. The third-order valence-electron chi connectivity index (χ3n) is 3.50. The summed E-state index contributed by atoms with van der Waals surface area (Å²) < 4.78 is 0. The lowest BCUT2D eigenvalue weighted by Gasteiger charge is -2.23. The number of aryl methyl sites for hydroxylation is 1. The molecule has 3 rings (SSSR count). The van der Waals surface area contributed by atoms with Crippen LogP contribution in [0, 0.1) is 6.92 Å². The Labute approximate surface area is 121 Å². The lowest BCUT2D eigenvalue weighted by Crippen LogP contribution is -2.32. The van der Waals surface area contributed by atoms with E-state index in [1.807, 2.05) is 17.2 Å². The highest BCUT2D eigenvalue weighted by Crippen LogP contribution is 2.30. The van der Waals surface area contributed by atoms with Gasteiger partial charge < -0.3 is 4.90 Å². The van der Waals surface area contributed by atoms with Crippen molar-refractivity contribution in [1.82, 2.24) is 19.9 Å². The van der Waals surface area contributed by atoms with Crippen LogP contribution in [0.5, 0.6) is 0 Å².